The number of hydrogen-bond donors (Lipinski definition) is 3. The Morgan fingerprint density at radius 3 is 2.11 bits per heavy atom. The second-order valence-electron chi connectivity index (χ2n) is 4.43. The summed E-state index contributed by atoms with van der Waals surface area (Å²) in [4.78, 5) is 22.8. The van der Waals surface area contributed by atoms with E-state index in [1.807, 2.05) is 0 Å². The van der Waals surface area contributed by atoms with E-state index in [4.69, 9.17) is 5.73 Å². The molecule has 1 saturated carbocycles. The summed E-state index contributed by atoms with van der Waals surface area (Å²) in [5, 5.41) is 5.56. The zero-order valence-corrected chi connectivity index (χ0v) is 11.3. The quantitative estimate of drug-likeness (QED) is 0.770. The molecule has 2 rings (SSSR count). The second kappa shape index (κ2) is 7.11. The molecule has 0 saturated heterocycles. The number of nitrogens with one attached hydrogen (secondary N) is 2. The smallest absolute Gasteiger partial charge is 0.227 e. The zero-order valence-electron chi connectivity index (χ0n) is 10.5. The Labute approximate surface area is 118 Å². The van der Waals surface area contributed by atoms with E-state index in [9.17, 15) is 9.59 Å². The van der Waals surface area contributed by atoms with Crippen molar-refractivity contribution in [1.29, 1.82) is 0 Å². The van der Waals surface area contributed by atoms with Crippen LogP contribution < -0.4 is 16.4 Å². The molecule has 1 fully saturated rings. The lowest BCUT2D eigenvalue weighted by molar-refractivity contribution is -0.117. The van der Waals surface area contributed by atoms with Crippen LogP contribution in [0, 0.1) is 5.92 Å². The molecule has 6 heteroatoms. The molecule has 0 bridgehead atoms. The lowest BCUT2D eigenvalue weighted by atomic mass is 10.2. The summed E-state index contributed by atoms with van der Waals surface area (Å²) in [6.45, 7) is 0.335. The Balaban J connectivity index is 0.00000180. The number of amides is 2. The van der Waals surface area contributed by atoms with Crippen LogP contribution in [0.3, 0.4) is 0 Å². The first kappa shape index (κ1) is 15.5. The van der Waals surface area contributed by atoms with Crippen LogP contribution in [0.15, 0.2) is 24.3 Å². The molecular weight excluding hydrogens is 266 g/mol. The molecule has 5 nitrogen and oxygen atoms in total. The van der Waals surface area contributed by atoms with Crippen molar-refractivity contribution in [3.63, 3.8) is 0 Å². The fourth-order valence-electron chi connectivity index (χ4n) is 1.58. The van der Waals surface area contributed by atoms with E-state index in [1.54, 1.807) is 24.3 Å². The van der Waals surface area contributed by atoms with Gasteiger partial charge in [0.05, 0.1) is 0 Å². The number of halogens is 1. The Morgan fingerprint density at radius 2 is 1.63 bits per heavy atom. The molecule has 2 amide bonds. The van der Waals surface area contributed by atoms with Gasteiger partial charge < -0.3 is 16.4 Å². The van der Waals surface area contributed by atoms with Gasteiger partial charge in [-0.3, -0.25) is 9.59 Å². The maximum absolute atomic E-state index is 11.5. The number of anilines is 2. The van der Waals surface area contributed by atoms with Crippen molar-refractivity contribution in [2.75, 3.05) is 17.2 Å². The minimum atomic E-state index is -0.104. The van der Waals surface area contributed by atoms with Crippen LogP contribution in [0.4, 0.5) is 11.4 Å². The third kappa shape index (κ3) is 4.89. The first-order valence-corrected chi connectivity index (χ1v) is 6.10. The lowest BCUT2D eigenvalue weighted by Gasteiger charge is -2.07. The topological polar surface area (TPSA) is 84.2 Å². The van der Waals surface area contributed by atoms with Crippen molar-refractivity contribution in [1.82, 2.24) is 0 Å². The molecule has 0 radical (unpaired) electrons. The van der Waals surface area contributed by atoms with Crippen molar-refractivity contribution in [2.45, 2.75) is 19.3 Å². The van der Waals surface area contributed by atoms with Crippen LogP contribution in [-0.2, 0) is 9.59 Å². The van der Waals surface area contributed by atoms with Gasteiger partial charge in [-0.25, -0.2) is 0 Å². The summed E-state index contributed by atoms with van der Waals surface area (Å²) >= 11 is 0. The van der Waals surface area contributed by atoms with E-state index in [1.165, 1.54) is 0 Å². The van der Waals surface area contributed by atoms with E-state index in [-0.39, 0.29) is 30.1 Å². The highest BCUT2D eigenvalue weighted by Gasteiger charge is 2.29. The van der Waals surface area contributed by atoms with Crippen LogP contribution in [0.2, 0.25) is 0 Å². The van der Waals surface area contributed by atoms with Crippen molar-refractivity contribution in [3.8, 4) is 0 Å². The molecule has 1 aromatic rings. The van der Waals surface area contributed by atoms with E-state index in [2.05, 4.69) is 10.6 Å². The minimum Gasteiger partial charge on any atom is -0.330 e. The average Bonchev–Trinajstić information content (AvgIpc) is 3.16. The third-order valence-electron chi connectivity index (χ3n) is 2.76. The Kier molecular flexibility index (Phi) is 5.79. The van der Waals surface area contributed by atoms with Crippen molar-refractivity contribution >= 4 is 35.6 Å². The first-order chi connectivity index (χ1) is 8.69. The highest BCUT2D eigenvalue weighted by molar-refractivity contribution is 5.95. The third-order valence-corrected chi connectivity index (χ3v) is 2.76. The Hall–Kier alpha value is -1.59. The molecule has 19 heavy (non-hydrogen) atoms. The summed E-state index contributed by atoms with van der Waals surface area (Å²) in [6, 6.07) is 7.07. The number of rotatable bonds is 5. The van der Waals surface area contributed by atoms with E-state index in [0.717, 1.165) is 18.5 Å². The van der Waals surface area contributed by atoms with Gasteiger partial charge in [-0.2, -0.15) is 0 Å². The molecule has 0 spiro atoms. The fourth-order valence-corrected chi connectivity index (χ4v) is 1.58. The van der Waals surface area contributed by atoms with Gasteiger partial charge >= 0.3 is 0 Å². The maximum atomic E-state index is 11.5. The van der Waals surface area contributed by atoms with E-state index in [0.29, 0.717) is 18.7 Å². The number of nitrogens with two attached hydrogens (primary N) is 1. The highest BCUT2D eigenvalue weighted by Crippen LogP contribution is 2.30. The largest absolute Gasteiger partial charge is 0.330 e. The summed E-state index contributed by atoms with van der Waals surface area (Å²) in [5.74, 6) is 0.163. The van der Waals surface area contributed by atoms with Crippen molar-refractivity contribution < 1.29 is 9.59 Å². The minimum absolute atomic E-state index is 0. The van der Waals surface area contributed by atoms with Gasteiger partial charge in [0.15, 0.2) is 0 Å². The number of hydrogen-bond acceptors (Lipinski definition) is 3. The second-order valence-corrected chi connectivity index (χ2v) is 4.43. The first-order valence-electron chi connectivity index (χ1n) is 6.10. The standard InChI is InChI=1S/C13H17N3O2.ClH/c14-8-7-12(17)15-10-3-5-11(6-4-10)16-13(18)9-1-2-9;/h3-6,9H,1-2,7-8,14H2,(H,15,17)(H,16,18);1H. The summed E-state index contributed by atoms with van der Waals surface area (Å²) < 4.78 is 0. The molecule has 0 aliphatic heterocycles. The predicted molar refractivity (Wildman–Crippen MR) is 77.3 cm³/mol. The number of carbonyl (C=O) groups excluding carboxylic acids is 2. The van der Waals surface area contributed by atoms with Gasteiger partial charge in [-0.1, -0.05) is 0 Å². The average molecular weight is 284 g/mol. The van der Waals surface area contributed by atoms with Crippen LogP contribution in [-0.4, -0.2) is 18.4 Å². The maximum Gasteiger partial charge on any atom is 0.227 e. The summed E-state index contributed by atoms with van der Waals surface area (Å²) in [7, 11) is 0. The molecule has 1 aliphatic carbocycles. The predicted octanol–water partition coefficient (Wildman–Crippen LogP) is 1.74. The van der Waals surface area contributed by atoms with E-state index < -0.39 is 0 Å². The Bertz CT molecular complexity index is 444. The lowest BCUT2D eigenvalue weighted by Crippen LogP contribution is -2.16. The SMILES string of the molecule is Cl.NCCC(=O)Nc1ccc(NC(=O)C2CC2)cc1. The molecule has 0 aromatic heterocycles. The summed E-state index contributed by atoms with van der Waals surface area (Å²) in [5.41, 5.74) is 6.75. The number of carbonyl (C=O) groups is 2. The van der Waals surface area contributed by atoms with Gasteiger partial charge in [-0.05, 0) is 37.1 Å². The van der Waals surface area contributed by atoms with Crippen molar-refractivity contribution in [3.05, 3.63) is 24.3 Å². The normalized spacial score (nSPS) is 13.3. The fraction of sp³-hybridized carbons (Fsp3) is 0.385. The molecule has 0 unspecified atom stereocenters. The van der Waals surface area contributed by atoms with Crippen LogP contribution in [0.25, 0.3) is 0 Å². The van der Waals surface area contributed by atoms with Crippen LogP contribution >= 0.6 is 12.4 Å². The molecule has 1 aromatic carbocycles. The van der Waals surface area contributed by atoms with Crippen molar-refractivity contribution in [2.24, 2.45) is 11.7 Å². The molecule has 4 N–H and O–H groups in total. The molecule has 104 valence electrons. The molecular formula is C13H18ClN3O2. The molecule has 1 aliphatic rings. The van der Waals surface area contributed by atoms with Gasteiger partial charge in [0.2, 0.25) is 11.8 Å². The van der Waals surface area contributed by atoms with Crippen LogP contribution in [0.5, 0.6) is 0 Å². The monoisotopic (exact) mass is 283 g/mol. The zero-order chi connectivity index (χ0) is 13.0. The number of benzene rings is 1. The van der Waals surface area contributed by atoms with Crippen LogP contribution in [0.1, 0.15) is 19.3 Å². The molecule has 0 heterocycles. The summed E-state index contributed by atoms with van der Waals surface area (Å²) in [6.07, 6.45) is 2.28. The van der Waals surface area contributed by atoms with Gasteiger partial charge in [-0.15, -0.1) is 12.4 Å². The van der Waals surface area contributed by atoms with Gasteiger partial charge in [0.1, 0.15) is 0 Å². The van der Waals surface area contributed by atoms with Gasteiger partial charge in [0, 0.05) is 30.3 Å². The Morgan fingerprint density at radius 1 is 1.11 bits per heavy atom. The van der Waals surface area contributed by atoms with Gasteiger partial charge in [0.25, 0.3) is 0 Å². The highest BCUT2D eigenvalue weighted by atomic mass is 35.5. The molecule has 0 atom stereocenters. The van der Waals surface area contributed by atoms with E-state index >= 15 is 0 Å².